The van der Waals surface area contributed by atoms with Gasteiger partial charge in [0.1, 0.15) is 0 Å². The van der Waals surface area contributed by atoms with Crippen molar-refractivity contribution >= 4 is 44.8 Å². The maximum atomic E-state index is 13.1. The van der Waals surface area contributed by atoms with Gasteiger partial charge in [0.15, 0.2) is 0 Å². The van der Waals surface area contributed by atoms with E-state index in [-0.39, 0.29) is 12.5 Å². The summed E-state index contributed by atoms with van der Waals surface area (Å²) in [6, 6.07) is 8.97. The summed E-state index contributed by atoms with van der Waals surface area (Å²) in [5.41, 5.74) is 3.63. The first-order chi connectivity index (χ1) is 14.8. The van der Waals surface area contributed by atoms with Gasteiger partial charge in [-0.1, -0.05) is 35.3 Å². The summed E-state index contributed by atoms with van der Waals surface area (Å²) in [6.07, 6.45) is 3.05. The molecule has 1 fully saturated rings. The standard InChI is InChI=1S/C22H25Cl2N3O3S/c1-15-5-8-19(23)22(21(15)24)25-20(28)14-26-9-11-27(12-10-26)31(29,30)18-7-6-16-3-2-4-17(16)13-18/h5-8,13H,2-4,9-12,14H2,1H3,(H,25,28). The summed E-state index contributed by atoms with van der Waals surface area (Å²) >= 11 is 12.4. The zero-order valence-corrected chi connectivity index (χ0v) is 19.7. The normalized spacial score (nSPS) is 17.5. The molecule has 0 saturated carbocycles. The number of halogens is 2. The molecule has 2 aromatic rings. The Morgan fingerprint density at radius 2 is 1.74 bits per heavy atom. The van der Waals surface area contributed by atoms with E-state index in [9.17, 15) is 13.2 Å². The number of amides is 1. The van der Waals surface area contributed by atoms with Crippen LogP contribution in [-0.2, 0) is 27.7 Å². The Kier molecular flexibility index (Phi) is 6.60. The van der Waals surface area contributed by atoms with Crippen LogP contribution in [0.1, 0.15) is 23.1 Å². The Balaban J connectivity index is 1.35. The molecule has 0 atom stereocenters. The number of anilines is 1. The summed E-state index contributed by atoms with van der Waals surface area (Å²) in [5, 5.41) is 3.59. The SMILES string of the molecule is Cc1ccc(Cl)c(NC(=O)CN2CCN(S(=O)(=O)c3ccc4c(c3)CCC4)CC2)c1Cl. The fourth-order valence-corrected chi connectivity index (χ4v) is 6.08. The summed E-state index contributed by atoms with van der Waals surface area (Å²) in [6.45, 7) is 3.64. The van der Waals surface area contributed by atoms with Crippen molar-refractivity contribution in [2.75, 3.05) is 38.0 Å². The number of sulfonamides is 1. The summed E-state index contributed by atoms with van der Waals surface area (Å²) < 4.78 is 27.6. The van der Waals surface area contributed by atoms with Crippen molar-refractivity contribution < 1.29 is 13.2 Å². The molecule has 0 bridgehead atoms. The van der Waals surface area contributed by atoms with Gasteiger partial charge in [0.05, 0.1) is 27.2 Å². The summed E-state index contributed by atoms with van der Waals surface area (Å²) in [7, 11) is -3.53. The maximum absolute atomic E-state index is 13.1. The molecule has 0 unspecified atom stereocenters. The van der Waals surface area contributed by atoms with Gasteiger partial charge in [0.2, 0.25) is 15.9 Å². The molecule has 4 rings (SSSR count). The second-order valence-corrected chi connectivity index (χ2v) is 10.8. The first-order valence-corrected chi connectivity index (χ1v) is 12.5. The van der Waals surface area contributed by atoms with Gasteiger partial charge in [-0.05, 0) is 61.1 Å². The minimum atomic E-state index is -3.53. The minimum absolute atomic E-state index is 0.146. The van der Waals surface area contributed by atoms with Crippen LogP contribution >= 0.6 is 23.2 Å². The van der Waals surface area contributed by atoms with E-state index in [1.807, 2.05) is 24.0 Å². The lowest BCUT2D eigenvalue weighted by atomic mass is 10.1. The van der Waals surface area contributed by atoms with E-state index in [0.29, 0.717) is 46.8 Å². The van der Waals surface area contributed by atoms with Crippen LogP contribution in [0, 0.1) is 6.92 Å². The van der Waals surface area contributed by atoms with Crippen LogP contribution in [0.3, 0.4) is 0 Å². The maximum Gasteiger partial charge on any atom is 0.243 e. The molecule has 31 heavy (non-hydrogen) atoms. The van der Waals surface area contributed by atoms with Gasteiger partial charge in [-0.3, -0.25) is 9.69 Å². The fraction of sp³-hybridized carbons (Fsp3) is 0.409. The third kappa shape index (κ3) is 4.76. The molecule has 1 heterocycles. The lowest BCUT2D eigenvalue weighted by molar-refractivity contribution is -0.117. The van der Waals surface area contributed by atoms with Crippen molar-refractivity contribution in [1.82, 2.24) is 9.21 Å². The largest absolute Gasteiger partial charge is 0.322 e. The summed E-state index contributed by atoms with van der Waals surface area (Å²) in [5.74, 6) is -0.232. The smallest absolute Gasteiger partial charge is 0.243 e. The Labute approximate surface area is 193 Å². The molecular formula is C22H25Cl2N3O3S. The third-order valence-electron chi connectivity index (χ3n) is 5.95. The Morgan fingerprint density at radius 3 is 2.48 bits per heavy atom. The Bertz CT molecular complexity index is 1110. The van der Waals surface area contributed by atoms with E-state index in [4.69, 9.17) is 23.2 Å². The highest BCUT2D eigenvalue weighted by Crippen LogP contribution is 2.33. The number of carbonyl (C=O) groups is 1. The van der Waals surface area contributed by atoms with Crippen LogP contribution in [0.15, 0.2) is 35.2 Å². The number of fused-ring (bicyclic) bond motifs is 1. The van der Waals surface area contributed by atoms with E-state index in [1.165, 1.54) is 9.87 Å². The second kappa shape index (κ2) is 9.08. The van der Waals surface area contributed by atoms with E-state index < -0.39 is 10.0 Å². The summed E-state index contributed by atoms with van der Waals surface area (Å²) in [4.78, 5) is 14.8. The van der Waals surface area contributed by atoms with E-state index in [2.05, 4.69) is 5.32 Å². The zero-order chi connectivity index (χ0) is 22.2. The molecule has 2 aliphatic rings. The topological polar surface area (TPSA) is 69.7 Å². The molecule has 1 aliphatic carbocycles. The number of piperazine rings is 1. The first kappa shape index (κ1) is 22.6. The van der Waals surface area contributed by atoms with Gasteiger partial charge < -0.3 is 5.32 Å². The predicted octanol–water partition coefficient (Wildman–Crippen LogP) is 3.74. The lowest BCUT2D eigenvalue weighted by Gasteiger charge is -2.33. The quantitative estimate of drug-likeness (QED) is 0.705. The van der Waals surface area contributed by atoms with Crippen molar-refractivity contribution in [1.29, 1.82) is 0 Å². The number of nitrogens with one attached hydrogen (secondary N) is 1. The van der Waals surface area contributed by atoms with E-state index >= 15 is 0 Å². The molecule has 0 spiro atoms. The first-order valence-electron chi connectivity index (χ1n) is 10.3. The van der Waals surface area contributed by atoms with Gasteiger partial charge in [-0.25, -0.2) is 8.42 Å². The molecular weight excluding hydrogens is 457 g/mol. The van der Waals surface area contributed by atoms with Crippen LogP contribution < -0.4 is 5.32 Å². The molecule has 1 amide bonds. The molecule has 1 aliphatic heterocycles. The predicted molar refractivity (Wildman–Crippen MR) is 123 cm³/mol. The van der Waals surface area contributed by atoms with Crippen molar-refractivity contribution in [2.24, 2.45) is 0 Å². The third-order valence-corrected chi connectivity index (χ3v) is 8.65. The number of aryl methyl sites for hydroxylation is 3. The molecule has 166 valence electrons. The number of benzene rings is 2. The molecule has 1 saturated heterocycles. The highest BCUT2D eigenvalue weighted by molar-refractivity contribution is 7.89. The van der Waals surface area contributed by atoms with Crippen molar-refractivity contribution in [3.63, 3.8) is 0 Å². The Hall–Kier alpha value is -1.64. The van der Waals surface area contributed by atoms with Crippen LogP contribution in [0.5, 0.6) is 0 Å². The highest BCUT2D eigenvalue weighted by atomic mass is 35.5. The molecule has 0 radical (unpaired) electrons. The van der Waals surface area contributed by atoms with Crippen molar-refractivity contribution in [3.8, 4) is 0 Å². The molecule has 1 N–H and O–H groups in total. The van der Waals surface area contributed by atoms with E-state index in [0.717, 1.165) is 30.4 Å². The number of nitrogens with zero attached hydrogens (tertiary/aromatic N) is 2. The highest BCUT2D eigenvalue weighted by Gasteiger charge is 2.30. The number of hydrogen-bond acceptors (Lipinski definition) is 4. The van der Waals surface area contributed by atoms with Crippen molar-refractivity contribution in [2.45, 2.75) is 31.1 Å². The van der Waals surface area contributed by atoms with Gasteiger partial charge in [-0.15, -0.1) is 0 Å². The van der Waals surface area contributed by atoms with Crippen LogP contribution in [0.4, 0.5) is 5.69 Å². The van der Waals surface area contributed by atoms with Crippen LogP contribution in [0.2, 0.25) is 10.0 Å². The fourth-order valence-electron chi connectivity index (χ4n) is 4.14. The number of hydrogen-bond donors (Lipinski definition) is 1. The van der Waals surface area contributed by atoms with Crippen molar-refractivity contribution in [3.05, 3.63) is 57.1 Å². The van der Waals surface area contributed by atoms with Crippen LogP contribution in [0.25, 0.3) is 0 Å². The van der Waals surface area contributed by atoms with E-state index in [1.54, 1.807) is 18.2 Å². The Morgan fingerprint density at radius 1 is 1.03 bits per heavy atom. The number of carbonyl (C=O) groups excluding carboxylic acids is 1. The average Bonchev–Trinajstić information content (AvgIpc) is 3.22. The molecule has 6 nitrogen and oxygen atoms in total. The second-order valence-electron chi connectivity index (χ2n) is 8.07. The van der Waals surface area contributed by atoms with Gasteiger partial charge >= 0.3 is 0 Å². The monoisotopic (exact) mass is 481 g/mol. The minimum Gasteiger partial charge on any atom is -0.322 e. The lowest BCUT2D eigenvalue weighted by Crippen LogP contribution is -2.50. The van der Waals surface area contributed by atoms with Gasteiger partial charge in [-0.2, -0.15) is 4.31 Å². The van der Waals surface area contributed by atoms with Crippen LogP contribution in [-0.4, -0.2) is 56.3 Å². The number of rotatable bonds is 5. The average molecular weight is 482 g/mol. The zero-order valence-electron chi connectivity index (χ0n) is 17.3. The molecule has 0 aromatic heterocycles. The van der Waals surface area contributed by atoms with Gasteiger partial charge in [0, 0.05) is 26.2 Å². The van der Waals surface area contributed by atoms with Gasteiger partial charge in [0.25, 0.3) is 0 Å². The molecule has 2 aromatic carbocycles. The molecule has 9 heteroatoms.